The molecule has 1 nitrogen and oxygen atoms in total. The molecule has 5 heteroatoms. The topological polar surface area (TPSA) is 20.2 Å². The Morgan fingerprint density at radius 1 is 1.11 bits per heavy atom. The number of hydrogen-bond donors (Lipinski definition) is 1. The number of halogens is 3. The Labute approximate surface area is 109 Å². The Morgan fingerprint density at radius 2 is 1.61 bits per heavy atom. The second-order valence-corrected chi connectivity index (χ2v) is 6.91. The lowest BCUT2D eigenvalue weighted by Crippen LogP contribution is -2.12. The number of alkyl halides is 3. The second kappa shape index (κ2) is 5.53. The largest absolute Gasteiger partial charge is 0.416 e. The van der Waals surface area contributed by atoms with Crippen LogP contribution in [0.5, 0.6) is 0 Å². The van der Waals surface area contributed by atoms with Crippen LogP contribution in [-0.2, 0) is 6.18 Å². The van der Waals surface area contributed by atoms with Gasteiger partial charge in [-0.25, -0.2) is 0 Å². The molecule has 0 spiro atoms. The molecule has 1 aromatic rings. The van der Waals surface area contributed by atoms with Gasteiger partial charge in [-0.15, -0.1) is 0 Å². The van der Waals surface area contributed by atoms with Crippen molar-refractivity contribution in [2.45, 2.75) is 37.8 Å². The Balaban J connectivity index is 2.68. The molecule has 1 aromatic carbocycles. The molecule has 1 N–H and O–H groups in total. The maximum atomic E-state index is 12.4. The lowest BCUT2D eigenvalue weighted by molar-refractivity contribution is -0.137. The zero-order valence-electron chi connectivity index (χ0n) is 10.6. The van der Waals surface area contributed by atoms with Crippen molar-refractivity contribution in [1.82, 2.24) is 0 Å². The normalized spacial score (nSPS) is 14.6. The third-order valence-corrected chi connectivity index (χ3v) is 3.65. The van der Waals surface area contributed by atoms with Gasteiger partial charge in [0.1, 0.15) is 0 Å². The third-order valence-electron chi connectivity index (χ3n) is 2.30. The standard InChI is InChI=1S/C13H17F3OS/c1-12(2,3)18-8-11(17)9-4-6-10(7-5-9)13(14,15)16/h4-7,11,17H,8H2,1-3H3. The highest BCUT2D eigenvalue weighted by molar-refractivity contribution is 8.00. The molecule has 102 valence electrons. The second-order valence-electron chi connectivity index (χ2n) is 5.06. The Morgan fingerprint density at radius 3 is 2.00 bits per heavy atom. The van der Waals surface area contributed by atoms with Gasteiger partial charge in [0.05, 0.1) is 11.7 Å². The smallest absolute Gasteiger partial charge is 0.388 e. The molecule has 1 atom stereocenters. The summed E-state index contributed by atoms with van der Waals surface area (Å²) in [6.45, 7) is 6.07. The molecule has 0 aromatic heterocycles. The molecule has 0 heterocycles. The summed E-state index contributed by atoms with van der Waals surface area (Å²) in [5, 5.41) is 9.88. The molecule has 18 heavy (non-hydrogen) atoms. The molecule has 0 saturated heterocycles. The lowest BCUT2D eigenvalue weighted by Gasteiger charge is -2.20. The van der Waals surface area contributed by atoms with Gasteiger partial charge >= 0.3 is 6.18 Å². The van der Waals surface area contributed by atoms with Crippen LogP contribution in [0.25, 0.3) is 0 Å². The van der Waals surface area contributed by atoms with E-state index in [-0.39, 0.29) is 4.75 Å². The van der Waals surface area contributed by atoms with E-state index in [4.69, 9.17) is 0 Å². The molecule has 0 fully saturated rings. The van der Waals surface area contributed by atoms with E-state index in [1.165, 1.54) is 12.1 Å². The fourth-order valence-electron chi connectivity index (χ4n) is 1.32. The van der Waals surface area contributed by atoms with Crippen LogP contribution < -0.4 is 0 Å². The van der Waals surface area contributed by atoms with Gasteiger partial charge < -0.3 is 5.11 Å². The van der Waals surface area contributed by atoms with Gasteiger partial charge in [-0.05, 0) is 17.7 Å². The summed E-state index contributed by atoms with van der Waals surface area (Å²) in [7, 11) is 0. The van der Waals surface area contributed by atoms with Crippen molar-refractivity contribution in [2.24, 2.45) is 0 Å². The number of benzene rings is 1. The molecule has 0 radical (unpaired) electrons. The fourth-order valence-corrected chi connectivity index (χ4v) is 2.17. The summed E-state index contributed by atoms with van der Waals surface area (Å²) in [4.78, 5) is 0. The Kier molecular flexibility index (Phi) is 4.72. The van der Waals surface area contributed by atoms with Crippen LogP contribution in [0.1, 0.15) is 38.0 Å². The molecule has 1 rings (SSSR count). The van der Waals surface area contributed by atoms with Crippen LogP contribution in [0.15, 0.2) is 24.3 Å². The summed E-state index contributed by atoms with van der Waals surface area (Å²) in [6, 6.07) is 4.66. The van der Waals surface area contributed by atoms with Crippen molar-refractivity contribution in [1.29, 1.82) is 0 Å². The minimum absolute atomic E-state index is 0.0207. The molecule has 0 amide bonds. The van der Waals surface area contributed by atoms with Gasteiger partial charge in [0.25, 0.3) is 0 Å². The van der Waals surface area contributed by atoms with Crippen molar-refractivity contribution < 1.29 is 18.3 Å². The summed E-state index contributed by atoms with van der Waals surface area (Å²) in [5.41, 5.74) is -0.179. The van der Waals surface area contributed by atoms with E-state index in [1.54, 1.807) is 11.8 Å². The van der Waals surface area contributed by atoms with Crippen molar-refractivity contribution >= 4 is 11.8 Å². The van der Waals surface area contributed by atoms with Gasteiger partial charge in [-0.2, -0.15) is 24.9 Å². The van der Waals surface area contributed by atoms with Crippen molar-refractivity contribution in [3.8, 4) is 0 Å². The highest BCUT2D eigenvalue weighted by Crippen LogP contribution is 2.31. The van der Waals surface area contributed by atoms with Crippen LogP contribution in [0.2, 0.25) is 0 Å². The first-order valence-corrected chi connectivity index (χ1v) is 6.57. The van der Waals surface area contributed by atoms with Crippen LogP contribution in [0, 0.1) is 0 Å². The molecule has 0 aliphatic carbocycles. The zero-order valence-corrected chi connectivity index (χ0v) is 11.4. The average molecular weight is 278 g/mol. The predicted octanol–water partition coefficient (Wildman–Crippen LogP) is 4.27. The summed E-state index contributed by atoms with van der Waals surface area (Å²) < 4.78 is 37.1. The molecule has 0 aliphatic rings. The zero-order chi connectivity index (χ0) is 14.0. The van der Waals surface area contributed by atoms with Crippen molar-refractivity contribution in [3.05, 3.63) is 35.4 Å². The lowest BCUT2D eigenvalue weighted by atomic mass is 10.1. The first-order chi connectivity index (χ1) is 8.09. The maximum Gasteiger partial charge on any atom is 0.416 e. The SMILES string of the molecule is CC(C)(C)SCC(O)c1ccc(C(F)(F)F)cc1. The van der Waals surface area contributed by atoms with E-state index >= 15 is 0 Å². The first-order valence-electron chi connectivity index (χ1n) is 5.59. The monoisotopic (exact) mass is 278 g/mol. The van der Waals surface area contributed by atoms with E-state index in [9.17, 15) is 18.3 Å². The van der Waals surface area contributed by atoms with E-state index in [1.807, 2.05) is 20.8 Å². The summed E-state index contributed by atoms with van der Waals surface area (Å²) in [6.07, 6.45) is -5.07. The number of aliphatic hydroxyl groups excluding tert-OH is 1. The van der Waals surface area contributed by atoms with E-state index in [2.05, 4.69) is 0 Å². The summed E-state index contributed by atoms with van der Waals surface area (Å²) >= 11 is 1.57. The fraction of sp³-hybridized carbons (Fsp3) is 0.538. The predicted molar refractivity (Wildman–Crippen MR) is 68.6 cm³/mol. The van der Waals surface area contributed by atoms with Gasteiger partial charge in [0.2, 0.25) is 0 Å². The highest BCUT2D eigenvalue weighted by atomic mass is 32.2. The molecule has 1 unspecified atom stereocenters. The minimum Gasteiger partial charge on any atom is -0.388 e. The first kappa shape index (κ1) is 15.4. The quantitative estimate of drug-likeness (QED) is 0.891. The van der Waals surface area contributed by atoms with E-state index in [0.29, 0.717) is 11.3 Å². The average Bonchev–Trinajstić information content (AvgIpc) is 2.24. The van der Waals surface area contributed by atoms with Gasteiger partial charge in [-0.3, -0.25) is 0 Å². The molecular formula is C13H17F3OS. The number of rotatable bonds is 3. The van der Waals surface area contributed by atoms with Crippen LogP contribution in [0.3, 0.4) is 0 Å². The third kappa shape index (κ3) is 4.90. The molecule has 0 saturated carbocycles. The summed E-state index contributed by atoms with van der Waals surface area (Å²) in [5.74, 6) is 0.467. The van der Waals surface area contributed by atoms with Crippen LogP contribution in [-0.4, -0.2) is 15.6 Å². The molecule has 0 aliphatic heterocycles. The highest BCUT2D eigenvalue weighted by Gasteiger charge is 2.30. The van der Waals surface area contributed by atoms with Gasteiger partial charge in [-0.1, -0.05) is 32.9 Å². The van der Waals surface area contributed by atoms with Crippen LogP contribution >= 0.6 is 11.8 Å². The Bertz CT molecular complexity index is 379. The minimum atomic E-state index is -4.33. The number of thioether (sulfide) groups is 1. The number of hydrogen-bond acceptors (Lipinski definition) is 2. The van der Waals surface area contributed by atoms with Crippen molar-refractivity contribution in [2.75, 3.05) is 5.75 Å². The number of aliphatic hydroxyl groups is 1. The molecule has 0 bridgehead atoms. The van der Waals surface area contributed by atoms with Crippen molar-refractivity contribution in [3.63, 3.8) is 0 Å². The maximum absolute atomic E-state index is 12.4. The van der Waals surface area contributed by atoms with Crippen LogP contribution in [0.4, 0.5) is 13.2 Å². The van der Waals surface area contributed by atoms with E-state index in [0.717, 1.165) is 12.1 Å². The van der Waals surface area contributed by atoms with E-state index < -0.39 is 17.8 Å². The van der Waals surface area contributed by atoms with Gasteiger partial charge in [0, 0.05) is 10.5 Å². The van der Waals surface area contributed by atoms with Gasteiger partial charge in [0.15, 0.2) is 0 Å². The molecular weight excluding hydrogens is 261 g/mol. The Hall–Kier alpha value is -0.680.